The minimum atomic E-state index is -2.42. The molecule has 0 spiro atoms. The topological polar surface area (TPSA) is 27.7 Å². The average Bonchev–Trinajstić information content (AvgIpc) is 2.04. The van der Waals surface area contributed by atoms with E-state index in [0.29, 0.717) is 11.5 Å². The molecule has 0 heterocycles. The maximum Gasteiger partial charge on any atom is 0.562 e. The van der Waals surface area contributed by atoms with E-state index in [2.05, 4.69) is 0 Å². The van der Waals surface area contributed by atoms with Crippen molar-refractivity contribution in [3.05, 3.63) is 0 Å². The number of thiocarbonyl (C=S) groups is 1. The van der Waals surface area contributed by atoms with Crippen LogP contribution >= 0.6 is 12.2 Å². The standard InChI is InChI=1S/C6H14O3SSi.Na/c1-5-6(10)9-11(4,7-2)8-3;/h5H2,1-4H3;. The minimum absolute atomic E-state index is 0. The van der Waals surface area contributed by atoms with E-state index in [1.807, 2.05) is 6.92 Å². The zero-order valence-electron chi connectivity index (χ0n) is 8.34. The first kappa shape index (κ1) is 15.5. The third-order valence-electron chi connectivity index (χ3n) is 1.33. The fraction of sp³-hybridized carbons (Fsp3) is 0.833. The summed E-state index contributed by atoms with van der Waals surface area (Å²) in [6, 6.07) is 0. The Kier molecular flexibility index (Phi) is 9.60. The van der Waals surface area contributed by atoms with Gasteiger partial charge in [-0.3, -0.25) is 0 Å². The summed E-state index contributed by atoms with van der Waals surface area (Å²) in [7, 11) is 0.704. The summed E-state index contributed by atoms with van der Waals surface area (Å²) in [5.41, 5.74) is 0. The average molecular weight is 217 g/mol. The Morgan fingerprint density at radius 1 is 1.33 bits per heavy atom. The van der Waals surface area contributed by atoms with Crippen molar-refractivity contribution in [2.24, 2.45) is 0 Å². The zero-order chi connectivity index (χ0) is 8.91. The predicted molar refractivity (Wildman–Crippen MR) is 55.4 cm³/mol. The molecule has 0 rings (SSSR count). The van der Waals surface area contributed by atoms with E-state index in [9.17, 15) is 0 Å². The van der Waals surface area contributed by atoms with E-state index in [1.54, 1.807) is 20.8 Å². The summed E-state index contributed by atoms with van der Waals surface area (Å²) < 4.78 is 15.4. The molecule has 0 atom stereocenters. The molecule has 0 aromatic carbocycles. The van der Waals surface area contributed by atoms with Crippen LogP contribution in [0, 0.1) is 0 Å². The fourth-order valence-corrected chi connectivity index (χ4v) is 1.79. The Hall–Kier alpha value is 1.03. The first-order valence-corrected chi connectivity index (χ1v) is 6.03. The van der Waals surface area contributed by atoms with Gasteiger partial charge in [0, 0.05) is 56.7 Å². The molecule has 6 heteroatoms. The molecule has 0 aromatic rings. The molecule has 0 saturated heterocycles. The Balaban J connectivity index is 0. The van der Waals surface area contributed by atoms with Gasteiger partial charge in [-0.15, -0.1) is 0 Å². The Morgan fingerprint density at radius 2 is 1.75 bits per heavy atom. The first-order chi connectivity index (χ1) is 5.08. The van der Waals surface area contributed by atoms with Crippen molar-refractivity contribution in [3.8, 4) is 0 Å². The normalized spacial score (nSPS) is 10.3. The van der Waals surface area contributed by atoms with Crippen LogP contribution < -0.4 is 0 Å². The van der Waals surface area contributed by atoms with E-state index < -0.39 is 8.80 Å². The summed E-state index contributed by atoms with van der Waals surface area (Å²) in [5.74, 6) is 0. The van der Waals surface area contributed by atoms with Crippen LogP contribution in [0.4, 0.5) is 0 Å². The van der Waals surface area contributed by atoms with E-state index >= 15 is 0 Å². The summed E-state index contributed by atoms with van der Waals surface area (Å²) >= 11 is 4.89. The van der Waals surface area contributed by atoms with Crippen molar-refractivity contribution >= 4 is 55.6 Å². The van der Waals surface area contributed by atoms with Gasteiger partial charge < -0.3 is 13.3 Å². The van der Waals surface area contributed by atoms with Crippen molar-refractivity contribution in [3.63, 3.8) is 0 Å². The number of hydrogen-bond donors (Lipinski definition) is 0. The van der Waals surface area contributed by atoms with Crippen molar-refractivity contribution in [1.82, 2.24) is 0 Å². The molecular weight excluding hydrogens is 203 g/mol. The van der Waals surface area contributed by atoms with Crippen molar-refractivity contribution in [2.75, 3.05) is 14.2 Å². The van der Waals surface area contributed by atoms with Crippen LogP contribution in [0.1, 0.15) is 13.3 Å². The molecule has 0 aromatic heterocycles. The molecule has 0 aliphatic carbocycles. The minimum Gasteiger partial charge on any atom is -0.495 e. The van der Waals surface area contributed by atoms with Crippen LogP contribution in [0.25, 0.3) is 0 Å². The largest absolute Gasteiger partial charge is 0.562 e. The van der Waals surface area contributed by atoms with Gasteiger partial charge >= 0.3 is 8.80 Å². The van der Waals surface area contributed by atoms with Gasteiger partial charge in [-0.2, -0.15) is 0 Å². The van der Waals surface area contributed by atoms with E-state index in [-0.39, 0.29) is 29.6 Å². The predicted octanol–water partition coefficient (Wildman–Crippen LogP) is 1.22. The van der Waals surface area contributed by atoms with Crippen LogP contribution in [0.2, 0.25) is 6.55 Å². The molecule has 0 amide bonds. The molecule has 12 heavy (non-hydrogen) atoms. The van der Waals surface area contributed by atoms with Gasteiger partial charge in [-0.05, 0) is 12.2 Å². The Bertz CT molecular complexity index is 141. The van der Waals surface area contributed by atoms with Crippen LogP contribution in [-0.2, 0) is 13.3 Å². The molecule has 3 nitrogen and oxygen atoms in total. The van der Waals surface area contributed by atoms with Crippen molar-refractivity contribution < 1.29 is 13.3 Å². The second-order valence-electron chi connectivity index (χ2n) is 2.10. The molecule has 1 radical (unpaired) electrons. The maximum atomic E-state index is 5.31. The Labute approximate surface area is 102 Å². The molecular formula is C6H14NaO3SSi. The van der Waals surface area contributed by atoms with Crippen LogP contribution in [0.5, 0.6) is 0 Å². The number of hydrogen-bond acceptors (Lipinski definition) is 4. The first-order valence-electron chi connectivity index (χ1n) is 3.40. The van der Waals surface area contributed by atoms with Gasteiger partial charge in [0.2, 0.25) is 0 Å². The molecule has 0 aliphatic heterocycles. The SMILES string of the molecule is CCC(=S)O[Si](C)(OC)OC.[Na]. The second kappa shape index (κ2) is 7.43. The monoisotopic (exact) mass is 217 g/mol. The third kappa shape index (κ3) is 5.63. The summed E-state index contributed by atoms with van der Waals surface area (Å²) in [4.78, 5) is 0. The maximum absolute atomic E-state index is 5.31. The van der Waals surface area contributed by atoms with Gasteiger partial charge in [0.05, 0.1) is 0 Å². The smallest absolute Gasteiger partial charge is 0.495 e. The van der Waals surface area contributed by atoms with Crippen molar-refractivity contribution in [2.45, 2.75) is 19.9 Å². The van der Waals surface area contributed by atoms with Gasteiger partial charge in [-0.1, -0.05) is 6.92 Å². The summed E-state index contributed by atoms with van der Waals surface area (Å²) in [6.45, 7) is 3.73. The van der Waals surface area contributed by atoms with Gasteiger partial charge in [-0.25, -0.2) is 0 Å². The fourth-order valence-electron chi connectivity index (χ4n) is 0.446. The van der Waals surface area contributed by atoms with Crippen LogP contribution in [-0.4, -0.2) is 57.6 Å². The number of rotatable bonds is 4. The third-order valence-corrected chi connectivity index (χ3v) is 3.95. The molecule has 0 fully saturated rings. The van der Waals surface area contributed by atoms with E-state index in [4.69, 9.17) is 25.5 Å². The summed E-state index contributed by atoms with van der Waals surface area (Å²) in [6.07, 6.45) is 0.713. The van der Waals surface area contributed by atoms with Crippen molar-refractivity contribution in [1.29, 1.82) is 0 Å². The molecule has 67 valence electrons. The Morgan fingerprint density at radius 3 is 2.00 bits per heavy atom. The zero-order valence-corrected chi connectivity index (χ0v) is 12.2. The van der Waals surface area contributed by atoms with Gasteiger partial charge in [0.15, 0.2) is 0 Å². The van der Waals surface area contributed by atoms with Crippen LogP contribution in [0.3, 0.4) is 0 Å². The molecule has 0 bridgehead atoms. The van der Waals surface area contributed by atoms with Gasteiger partial charge in [0.1, 0.15) is 5.05 Å². The summed E-state index contributed by atoms with van der Waals surface area (Å²) in [5, 5.41) is 0.544. The molecule has 0 unspecified atom stereocenters. The van der Waals surface area contributed by atoms with E-state index in [1.165, 1.54) is 0 Å². The quantitative estimate of drug-likeness (QED) is 0.523. The van der Waals surface area contributed by atoms with Crippen LogP contribution in [0.15, 0.2) is 0 Å². The molecule has 0 saturated carbocycles. The molecule has 0 N–H and O–H groups in total. The van der Waals surface area contributed by atoms with E-state index in [0.717, 1.165) is 0 Å². The molecule has 0 aliphatic rings. The second-order valence-corrected chi connectivity index (χ2v) is 5.30. The van der Waals surface area contributed by atoms with Gasteiger partial charge in [0.25, 0.3) is 0 Å².